The highest BCUT2D eigenvalue weighted by Crippen LogP contribution is 2.64. The third kappa shape index (κ3) is 3.00. The predicted octanol–water partition coefficient (Wildman–Crippen LogP) is 2.67. The minimum absolute atomic E-state index is 0.0116. The maximum absolute atomic E-state index is 12.4. The van der Waals surface area contributed by atoms with Crippen LogP contribution >= 0.6 is 23.2 Å². The second-order valence-electron chi connectivity index (χ2n) is 5.91. The van der Waals surface area contributed by atoms with Gasteiger partial charge in [-0.15, -0.1) is 23.2 Å². The number of carbonyl (C=O) groups excluding carboxylic acids is 1. The molecule has 0 radical (unpaired) electrons. The summed E-state index contributed by atoms with van der Waals surface area (Å²) in [7, 11) is 0. The Morgan fingerprint density at radius 3 is 2.58 bits per heavy atom. The van der Waals surface area contributed by atoms with Crippen molar-refractivity contribution in [3.63, 3.8) is 0 Å². The fourth-order valence-corrected chi connectivity index (χ4v) is 3.49. The van der Waals surface area contributed by atoms with Gasteiger partial charge in [-0.05, 0) is 38.5 Å². The molecule has 0 spiro atoms. The zero-order valence-corrected chi connectivity index (χ0v) is 12.5. The Balaban J connectivity index is 1.91. The average molecular weight is 308 g/mol. The molecule has 6 heteroatoms. The average Bonchev–Trinajstić information content (AvgIpc) is 2.87. The summed E-state index contributed by atoms with van der Waals surface area (Å²) in [6.45, 7) is 3.16. The molecule has 2 rings (SSSR count). The van der Waals surface area contributed by atoms with Crippen molar-refractivity contribution >= 4 is 35.1 Å². The summed E-state index contributed by atoms with van der Waals surface area (Å²) in [4.78, 5) is 24.8. The van der Waals surface area contributed by atoms with Crippen LogP contribution < -0.4 is 0 Å². The molecule has 1 amide bonds. The number of halogens is 2. The lowest BCUT2D eigenvalue weighted by atomic mass is 9.92. The number of carboxylic acid groups (broad SMARTS) is 1. The molecule has 4 nitrogen and oxygen atoms in total. The summed E-state index contributed by atoms with van der Waals surface area (Å²) < 4.78 is -0.932. The number of hydrogen-bond donors (Lipinski definition) is 1. The van der Waals surface area contributed by atoms with Gasteiger partial charge in [0.2, 0.25) is 5.91 Å². The predicted molar refractivity (Wildman–Crippen MR) is 73.3 cm³/mol. The van der Waals surface area contributed by atoms with E-state index in [9.17, 15) is 9.59 Å². The number of aliphatic carboxylic acids is 1. The van der Waals surface area contributed by atoms with Gasteiger partial charge in [0.05, 0.1) is 5.41 Å². The zero-order valence-electron chi connectivity index (χ0n) is 11.0. The van der Waals surface area contributed by atoms with Gasteiger partial charge >= 0.3 is 5.97 Å². The van der Waals surface area contributed by atoms with Gasteiger partial charge in [0.1, 0.15) is 4.33 Å². The van der Waals surface area contributed by atoms with Gasteiger partial charge < -0.3 is 10.0 Å². The van der Waals surface area contributed by atoms with Gasteiger partial charge in [-0.3, -0.25) is 9.59 Å². The lowest BCUT2D eigenvalue weighted by Gasteiger charge is -2.34. The summed E-state index contributed by atoms with van der Waals surface area (Å²) in [5.74, 6) is -0.494. The molecule has 1 aliphatic heterocycles. The normalized spacial score (nSPS) is 33.0. The summed E-state index contributed by atoms with van der Waals surface area (Å²) in [6.07, 6.45) is 3.20. The van der Waals surface area contributed by atoms with E-state index < -0.39 is 15.7 Å². The highest BCUT2D eigenvalue weighted by molar-refractivity contribution is 6.53. The number of piperidine rings is 1. The molecule has 0 unspecified atom stereocenters. The number of likely N-dealkylation sites (tertiary alicyclic amines) is 1. The van der Waals surface area contributed by atoms with Crippen molar-refractivity contribution in [1.82, 2.24) is 4.90 Å². The van der Waals surface area contributed by atoms with Crippen molar-refractivity contribution in [2.75, 3.05) is 13.1 Å². The van der Waals surface area contributed by atoms with Crippen LogP contribution in [0.1, 0.15) is 39.0 Å². The van der Waals surface area contributed by atoms with E-state index >= 15 is 0 Å². The SMILES string of the molecule is C[C@@]1(C(=O)N2CCC[C@H](CCC(=O)O)C2)CC1(Cl)Cl. The zero-order chi connectivity index (χ0) is 14.3. The van der Waals surface area contributed by atoms with E-state index in [2.05, 4.69) is 0 Å². The van der Waals surface area contributed by atoms with Gasteiger partial charge in [-0.25, -0.2) is 0 Å². The summed E-state index contributed by atoms with van der Waals surface area (Å²) in [5.41, 5.74) is -0.662. The minimum Gasteiger partial charge on any atom is -0.481 e. The Morgan fingerprint density at radius 1 is 1.42 bits per heavy atom. The first kappa shape index (κ1) is 14.9. The van der Waals surface area contributed by atoms with Crippen LogP contribution in [0, 0.1) is 11.3 Å². The van der Waals surface area contributed by atoms with Crippen molar-refractivity contribution in [3.05, 3.63) is 0 Å². The molecule has 1 saturated carbocycles. The van der Waals surface area contributed by atoms with E-state index in [4.69, 9.17) is 28.3 Å². The second-order valence-corrected chi connectivity index (χ2v) is 7.39. The molecule has 1 N–H and O–H groups in total. The fraction of sp³-hybridized carbons (Fsp3) is 0.846. The molecule has 0 aromatic heterocycles. The monoisotopic (exact) mass is 307 g/mol. The van der Waals surface area contributed by atoms with Crippen molar-refractivity contribution in [1.29, 1.82) is 0 Å². The number of alkyl halides is 2. The van der Waals surface area contributed by atoms with Crippen molar-refractivity contribution in [2.24, 2.45) is 11.3 Å². The van der Waals surface area contributed by atoms with E-state index in [0.29, 0.717) is 19.4 Å². The van der Waals surface area contributed by atoms with Crippen molar-refractivity contribution < 1.29 is 14.7 Å². The van der Waals surface area contributed by atoms with E-state index in [1.807, 2.05) is 4.90 Å². The number of amides is 1. The van der Waals surface area contributed by atoms with Crippen LogP contribution in [0.2, 0.25) is 0 Å². The number of carboxylic acids is 1. The van der Waals surface area contributed by atoms with Crippen LogP contribution in [0.25, 0.3) is 0 Å². The quantitative estimate of drug-likeness (QED) is 0.812. The van der Waals surface area contributed by atoms with Crippen LogP contribution in [0.5, 0.6) is 0 Å². The molecule has 0 aromatic rings. The molecule has 1 saturated heterocycles. The molecule has 108 valence electrons. The first-order valence-corrected chi connectivity index (χ1v) is 7.41. The molecule has 1 heterocycles. The third-order valence-electron chi connectivity index (χ3n) is 4.30. The van der Waals surface area contributed by atoms with E-state index in [1.54, 1.807) is 6.92 Å². The second kappa shape index (κ2) is 5.13. The van der Waals surface area contributed by atoms with E-state index in [0.717, 1.165) is 19.4 Å². The Bertz CT molecular complexity index is 399. The Kier molecular flexibility index (Phi) is 4.03. The first-order chi connectivity index (χ1) is 8.76. The smallest absolute Gasteiger partial charge is 0.303 e. The van der Waals surface area contributed by atoms with Gasteiger partial charge in [-0.1, -0.05) is 0 Å². The summed E-state index contributed by atoms with van der Waals surface area (Å²) in [5, 5.41) is 8.71. The van der Waals surface area contributed by atoms with Gasteiger partial charge in [0.25, 0.3) is 0 Å². The first-order valence-electron chi connectivity index (χ1n) is 6.65. The van der Waals surface area contributed by atoms with E-state index in [-0.39, 0.29) is 18.2 Å². The maximum Gasteiger partial charge on any atom is 0.303 e. The van der Waals surface area contributed by atoms with Crippen molar-refractivity contribution in [2.45, 2.75) is 43.4 Å². The number of hydrogen-bond acceptors (Lipinski definition) is 2. The molecular formula is C13H19Cl2NO3. The molecule has 0 aromatic carbocycles. The summed E-state index contributed by atoms with van der Waals surface area (Å²) in [6, 6.07) is 0. The van der Waals surface area contributed by atoms with Crippen LogP contribution in [0.4, 0.5) is 0 Å². The molecule has 19 heavy (non-hydrogen) atoms. The van der Waals surface area contributed by atoms with Crippen LogP contribution in [-0.4, -0.2) is 39.3 Å². The lowest BCUT2D eigenvalue weighted by molar-refractivity contribution is -0.138. The molecule has 1 aliphatic carbocycles. The molecule has 2 fully saturated rings. The lowest BCUT2D eigenvalue weighted by Crippen LogP contribution is -2.44. The van der Waals surface area contributed by atoms with Gasteiger partial charge in [0.15, 0.2) is 0 Å². The number of carbonyl (C=O) groups is 2. The molecule has 0 bridgehead atoms. The van der Waals surface area contributed by atoms with Crippen molar-refractivity contribution in [3.8, 4) is 0 Å². The third-order valence-corrected chi connectivity index (χ3v) is 5.40. The van der Waals surface area contributed by atoms with Crippen LogP contribution in [0.3, 0.4) is 0 Å². The number of nitrogens with zero attached hydrogens (tertiary/aromatic N) is 1. The number of rotatable bonds is 4. The topological polar surface area (TPSA) is 57.6 Å². The highest BCUT2D eigenvalue weighted by atomic mass is 35.5. The molecule has 2 aliphatic rings. The Morgan fingerprint density at radius 2 is 2.05 bits per heavy atom. The molecular weight excluding hydrogens is 289 g/mol. The van der Waals surface area contributed by atoms with Gasteiger partial charge in [-0.2, -0.15) is 0 Å². The standard InChI is InChI=1S/C13H19Cl2NO3/c1-12(8-13(12,14)15)11(19)16-6-2-3-9(7-16)4-5-10(17)18/h9H,2-8H2,1H3,(H,17,18)/t9-,12+/m1/s1. The Labute approximate surface area is 123 Å². The Hall–Kier alpha value is -0.480. The minimum atomic E-state index is -0.932. The summed E-state index contributed by atoms with van der Waals surface area (Å²) >= 11 is 12.1. The highest BCUT2D eigenvalue weighted by Gasteiger charge is 2.68. The fourth-order valence-electron chi connectivity index (χ4n) is 2.79. The van der Waals surface area contributed by atoms with Crippen LogP contribution in [-0.2, 0) is 9.59 Å². The van der Waals surface area contributed by atoms with Crippen LogP contribution in [0.15, 0.2) is 0 Å². The largest absolute Gasteiger partial charge is 0.481 e. The maximum atomic E-state index is 12.4. The van der Waals surface area contributed by atoms with Gasteiger partial charge in [0, 0.05) is 19.5 Å². The molecule has 2 atom stereocenters. The van der Waals surface area contributed by atoms with E-state index in [1.165, 1.54) is 0 Å².